The molecule has 5 heteroatoms. The molecule has 1 aromatic heterocycles. The Kier molecular flexibility index (Phi) is 4.97. The van der Waals surface area contributed by atoms with Gasteiger partial charge in [0.05, 0.1) is 20.3 Å². The van der Waals surface area contributed by atoms with Crippen molar-refractivity contribution in [1.29, 1.82) is 0 Å². The van der Waals surface area contributed by atoms with E-state index in [1.807, 2.05) is 6.07 Å². The van der Waals surface area contributed by atoms with Crippen LogP contribution in [0.4, 0.5) is 0 Å². The number of hydrogen-bond acceptors (Lipinski definition) is 5. The van der Waals surface area contributed by atoms with E-state index in [9.17, 15) is 0 Å². The van der Waals surface area contributed by atoms with Crippen LogP contribution in [0.15, 0.2) is 35.7 Å². The first-order valence-corrected chi connectivity index (χ1v) is 8.41. The highest BCUT2D eigenvalue weighted by Crippen LogP contribution is 2.35. The molecular weight excluding hydrogens is 296 g/mol. The van der Waals surface area contributed by atoms with Gasteiger partial charge in [0.1, 0.15) is 11.5 Å². The Hall–Kier alpha value is -1.56. The van der Waals surface area contributed by atoms with E-state index in [4.69, 9.17) is 9.47 Å². The van der Waals surface area contributed by atoms with Crippen molar-refractivity contribution < 1.29 is 9.47 Å². The number of nitrogens with zero attached hydrogens (tertiary/aromatic N) is 1. The maximum Gasteiger partial charge on any atom is 0.122 e. The lowest BCUT2D eigenvalue weighted by Crippen LogP contribution is -2.45. The standard InChI is InChI=1S/C17H22N2O2S/c1-20-14-10-13(11-15(12-14)21-2)17(16-4-3-9-22-16)19-7-5-18-6-8-19/h3-4,9-12,17-18H,5-8H2,1-2H3/t17-/m1/s1. The highest BCUT2D eigenvalue weighted by molar-refractivity contribution is 7.10. The van der Waals surface area contributed by atoms with Gasteiger partial charge in [-0.25, -0.2) is 0 Å². The highest BCUT2D eigenvalue weighted by Gasteiger charge is 2.25. The number of methoxy groups -OCH3 is 2. The number of ether oxygens (including phenoxy) is 2. The third-order valence-electron chi connectivity index (χ3n) is 4.02. The molecule has 2 aromatic rings. The highest BCUT2D eigenvalue weighted by atomic mass is 32.1. The monoisotopic (exact) mass is 318 g/mol. The minimum atomic E-state index is 0.256. The minimum Gasteiger partial charge on any atom is -0.497 e. The summed E-state index contributed by atoms with van der Waals surface area (Å²) < 4.78 is 10.9. The molecule has 1 saturated heterocycles. The Labute approximate surface area is 135 Å². The number of rotatable bonds is 5. The maximum absolute atomic E-state index is 5.44. The summed E-state index contributed by atoms with van der Waals surface area (Å²) >= 11 is 1.80. The Balaban J connectivity index is 2.01. The Morgan fingerprint density at radius 2 is 1.77 bits per heavy atom. The van der Waals surface area contributed by atoms with Crippen LogP contribution >= 0.6 is 11.3 Å². The fraction of sp³-hybridized carbons (Fsp3) is 0.412. The topological polar surface area (TPSA) is 33.7 Å². The van der Waals surface area contributed by atoms with Crippen molar-refractivity contribution in [2.24, 2.45) is 0 Å². The molecule has 0 bridgehead atoms. The molecule has 3 rings (SSSR count). The number of thiophene rings is 1. The number of piperazine rings is 1. The number of hydrogen-bond donors (Lipinski definition) is 1. The quantitative estimate of drug-likeness (QED) is 0.919. The third-order valence-corrected chi connectivity index (χ3v) is 4.94. The van der Waals surface area contributed by atoms with Crippen LogP contribution in [0.2, 0.25) is 0 Å². The molecule has 0 radical (unpaired) electrons. The molecule has 22 heavy (non-hydrogen) atoms. The van der Waals surface area contributed by atoms with E-state index in [1.54, 1.807) is 25.6 Å². The van der Waals surface area contributed by atoms with Crippen LogP contribution in [0, 0.1) is 0 Å². The second kappa shape index (κ2) is 7.13. The van der Waals surface area contributed by atoms with Gasteiger partial charge >= 0.3 is 0 Å². The van der Waals surface area contributed by atoms with Crippen molar-refractivity contribution in [3.63, 3.8) is 0 Å². The van der Waals surface area contributed by atoms with E-state index in [0.717, 1.165) is 37.7 Å². The second-order valence-corrected chi connectivity index (χ2v) is 6.33. The van der Waals surface area contributed by atoms with Gasteiger partial charge in [-0.15, -0.1) is 11.3 Å². The lowest BCUT2D eigenvalue weighted by Gasteiger charge is -2.35. The van der Waals surface area contributed by atoms with E-state index >= 15 is 0 Å². The van der Waals surface area contributed by atoms with Gasteiger partial charge in [-0.05, 0) is 29.1 Å². The number of nitrogens with one attached hydrogen (secondary N) is 1. The summed E-state index contributed by atoms with van der Waals surface area (Å²) in [5.41, 5.74) is 1.22. The fourth-order valence-electron chi connectivity index (χ4n) is 2.93. The lowest BCUT2D eigenvalue weighted by atomic mass is 10.0. The molecule has 1 fully saturated rings. The van der Waals surface area contributed by atoms with E-state index < -0.39 is 0 Å². The van der Waals surface area contributed by atoms with Crippen molar-refractivity contribution in [3.05, 3.63) is 46.2 Å². The molecular formula is C17H22N2O2S. The summed E-state index contributed by atoms with van der Waals surface area (Å²) in [5.74, 6) is 1.68. The van der Waals surface area contributed by atoms with E-state index in [-0.39, 0.29) is 6.04 Å². The summed E-state index contributed by atoms with van der Waals surface area (Å²) in [6, 6.07) is 10.7. The average molecular weight is 318 g/mol. The first kappa shape index (κ1) is 15.3. The average Bonchev–Trinajstić information content (AvgIpc) is 3.10. The lowest BCUT2D eigenvalue weighted by molar-refractivity contribution is 0.200. The van der Waals surface area contributed by atoms with Crippen molar-refractivity contribution in [2.75, 3.05) is 40.4 Å². The first-order chi connectivity index (χ1) is 10.8. The van der Waals surface area contributed by atoms with Crippen molar-refractivity contribution >= 4 is 11.3 Å². The van der Waals surface area contributed by atoms with Gasteiger partial charge in [0.2, 0.25) is 0 Å². The summed E-state index contributed by atoms with van der Waals surface area (Å²) in [4.78, 5) is 3.88. The summed E-state index contributed by atoms with van der Waals surface area (Å²) in [6.07, 6.45) is 0. The number of benzene rings is 1. The zero-order chi connectivity index (χ0) is 15.4. The van der Waals surface area contributed by atoms with Gasteiger partial charge in [0, 0.05) is 37.1 Å². The van der Waals surface area contributed by atoms with E-state index in [0.29, 0.717) is 0 Å². The van der Waals surface area contributed by atoms with Crippen LogP contribution in [0.5, 0.6) is 11.5 Å². The first-order valence-electron chi connectivity index (χ1n) is 7.53. The maximum atomic E-state index is 5.44. The van der Waals surface area contributed by atoms with Gasteiger partial charge in [-0.3, -0.25) is 4.90 Å². The van der Waals surface area contributed by atoms with Crippen LogP contribution in [-0.2, 0) is 0 Å². The van der Waals surface area contributed by atoms with Gasteiger partial charge in [-0.2, -0.15) is 0 Å². The zero-order valence-electron chi connectivity index (χ0n) is 13.0. The van der Waals surface area contributed by atoms with E-state index in [2.05, 4.69) is 39.9 Å². The molecule has 1 aliphatic heterocycles. The summed E-state index contributed by atoms with van der Waals surface area (Å²) in [7, 11) is 3.40. The molecule has 1 N–H and O–H groups in total. The summed E-state index contributed by atoms with van der Waals surface area (Å²) in [5, 5.41) is 5.56. The molecule has 0 amide bonds. The molecule has 4 nitrogen and oxygen atoms in total. The Morgan fingerprint density at radius 3 is 2.32 bits per heavy atom. The van der Waals surface area contributed by atoms with Crippen molar-refractivity contribution in [3.8, 4) is 11.5 Å². The minimum absolute atomic E-state index is 0.256. The molecule has 1 atom stereocenters. The molecule has 2 heterocycles. The van der Waals surface area contributed by atoms with E-state index in [1.165, 1.54) is 10.4 Å². The molecule has 118 valence electrons. The Bertz CT molecular complexity index is 572. The largest absolute Gasteiger partial charge is 0.497 e. The molecule has 0 saturated carbocycles. The normalized spacial score (nSPS) is 17.2. The predicted molar refractivity (Wildman–Crippen MR) is 90.2 cm³/mol. The SMILES string of the molecule is COc1cc(OC)cc([C@H](c2cccs2)N2CCNCC2)c1. The molecule has 1 aliphatic rings. The molecule has 0 aliphatic carbocycles. The zero-order valence-corrected chi connectivity index (χ0v) is 13.9. The van der Waals surface area contributed by atoms with Crippen molar-refractivity contribution in [1.82, 2.24) is 10.2 Å². The smallest absolute Gasteiger partial charge is 0.122 e. The van der Waals surface area contributed by atoms with Crippen LogP contribution < -0.4 is 14.8 Å². The third kappa shape index (κ3) is 3.27. The molecule has 0 unspecified atom stereocenters. The van der Waals surface area contributed by atoms with Gasteiger partial charge in [0.15, 0.2) is 0 Å². The van der Waals surface area contributed by atoms with Crippen LogP contribution in [0.3, 0.4) is 0 Å². The summed E-state index contributed by atoms with van der Waals surface area (Å²) in [6.45, 7) is 4.15. The van der Waals surface area contributed by atoms with Gasteiger partial charge in [-0.1, -0.05) is 6.07 Å². The predicted octanol–water partition coefficient (Wildman–Crippen LogP) is 2.76. The fourth-order valence-corrected chi connectivity index (χ4v) is 3.81. The van der Waals surface area contributed by atoms with Gasteiger partial charge < -0.3 is 14.8 Å². The molecule has 1 aromatic carbocycles. The molecule has 0 spiro atoms. The van der Waals surface area contributed by atoms with Crippen LogP contribution in [-0.4, -0.2) is 45.3 Å². The van der Waals surface area contributed by atoms with Gasteiger partial charge in [0.25, 0.3) is 0 Å². The van der Waals surface area contributed by atoms with Crippen LogP contribution in [0.25, 0.3) is 0 Å². The van der Waals surface area contributed by atoms with Crippen LogP contribution in [0.1, 0.15) is 16.5 Å². The second-order valence-electron chi connectivity index (χ2n) is 5.35. The van der Waals surface area contributed by atoms with Crippen molar-refractivity contribution in [2.45, 2.75) is 6.04 Å². The Morgan fingerprint density at radius 1 is 1.09 bits per heavy atom.